The summed E-state index contributed by atoms with van der Waals surface area (Å²) >= 11 is 0. The molecule has 186 valence electrons. The maximum atomic E-state index is 13.2. The average Bonchev–Trinajstić information content (AvgIpc) is 3.18. The third-order valence-corrected chi connectivity index (χ3v) is 5.99. The number of nitrogens with one attached hydrogen (secondary N) is 3. The van der Waals surface area contributed by atoms with Crippen LogP contribution in [0.3, 0.4) is 0 Å². The van der Waals surface area contributed by atoms with Crippen molar-refractivity contribution >= 4 is 5.91 Å². The van der Waals surface area contributed by atoms with E-state index in [-0.39, 0.29) is 18.0 Å². The summed E-state index contributed by atoms with van der Waals surface area (Å²) in [4.78, 5) is 27.7. The fourth-order valence-corrected chi connectivity index (χ4v) is 4.06. The number of carbonyl (C=O) groups is 1. The molecular formula is C27H29N5O4. The number of aromatic nitrogens is 3. The maximum Gasteiger partial charge on any atom is 0.251 e. The number of imidazole rings is 1. The van der Waals surface area contributed by atoms with Crippen LogP contribution in [-0.2, 0) is 20.1 Å². The Hall–Kier alpha value is -4.53. The van der Waals surface area contributed by atoms with Gasteiger partial charge >= 0.3 is 0 Å². The number of aromatic amines is 1. The van der Waals surface area contributed by atoms with Gasteiger partial charge in [0.25, 0.3) is 5.91 Å². The molecule has 9 nitrogen and oxygen atoms in total. The van der Waals surface area contributed by atoms with Gasteiger partial charge in [-0.1, -0.05) is 0 Å². The van der Waals surface area contributed by atoms with Crippen LogP contribution >= 0.6 is 0 Å². The molecule has 2 heterocycles. The number of hydrogen-bond donors (Lipinski definition) is 3. The number of H-pyrrole nitrogens is 1. The van der Waals surface area contributed by atoms with Crippen molar-refractivity contribution in [1.82, 2.24) is 19.4 Å². The number of nitrogens with zero attached hydrogens (tertiary/aromatic N) is 2. The van der Waals surface area contributed by atoms with Crippen molar-refractivity contribution in [3.63, 3.8) is 0 Å². The number of rotatable bonds is 8. The van der Waals surface area contributed by atoms with Crippen molar-refractivity contribution in [3.8, 4) is 22.6 Å². The Morgan fingerprint density at radius 2 is 1.72 bits per heavy atom. The SMILES string of the molecule is COc1cc(CNC(=O)c2cc(Cn3ccn(C)c3=N)cc(-c3c[nH]c(=O)cc3C)c2)cc(OC)c1. The summed E-state index contributed by atoms with van der Waals surface area (Å²) in [6.07, 6.45) is 5.30. The molecule has 4 rings (SSSR count). The minimum atomic E-state index is -0.244. The Labute approximate surface area is 208 Å². The summed E-state index contributed by atoms with van der Waals surface area (Å²) < 4.78 is 14.1. The van der Waals surface area contributed by atoms with Crippen LogP contribution in [0.1, 0.15) is 27.0 Å². The van der Waals surface area contributed by atoms with Crippen molar-refractivity contribution in [2.75, 3.05) is 14.2 Å². The highest BCUT2D eigenvalue weighted by molar-refractivity contribution is 5.95. The fraction of sp³-hybridized carbons (Fsp3) is 0.222. The molecule has 0 unspecified atom stereocenters. The first-order valence-electron chi connectivity index (χ1n) is 11.4. The van der Waals surface area contributed by atoms with E-state index in [0.29, 0.717) is 29.2 Å². The van der Waals surface area contributed by atoms with E-state index in [9.17, 15) is 9.59 Å². The third-order valence-electron chi connectivity index (χ3n) is 5.99. The molecule has 0 radical (unpaired) electrons. The predicted octanol–water partition coefficient (Wildman–Crippen LogP) is 2.97. The van der Waals surface area contributed by atoms with E-state index in [4.69, 9.17) is 14.9 Å². The second kappa shape index (κ2) is 10.4. The molecule has 36 heavy (non-hydrogen) atoms. The molecule has 0 aliphatic rings. The van der Waals surface area contributed by atoms with Gasteiger partial charge in [-0.15, -0.1) is 0 Å². The van der Waals surface area contributed by atoms with Crippen molar-refractivity contribution in [2.24, 2.45) is 7.05 Å². The number of pyridine rings is 1. The van der Waals surface area contributed by atoms with E-state index in [1.165, 1.54) is 6.07 Å². The third kappa shape index (κ3) is 5.41. The summed E-state index contributed by atoms with van der Waals surface area (Å²) in [5.41, 5.74) is 4.77. The highest BCUT2D eigenvalue weighted by Crippen LogP contribution is 2.26. The molecule has 0 aliphatic heterocycles. The molecule has 0 aliphatic carbocycles. The quantitative estimate of drug-likeness (QED) is 0.355. The monoisotopic (exact) mass is 487 g/mol. The summed E-state index contributed by atoms with van der Waals surface area (Å²) in [6, 6.07) is 12.6. The van der Waals surface area contributed by atoms with Gasteiger partial charge in [0.1, 0.15) is 11.5 Å². The highest BCUT2D eigenvalue weighted by atomic mass is 16.5. The topological polar surface area (TPSA) is 114 Å². The number of carbonyl (C=O) groups excluding carboxylic acids is 1. The molecule has 0 saturated heterocycles. The number of hydrogen-bond acceptors (Lipinski definition) is 5. The van der Waals surface area contributed by atoms with Gasteiger partial charge in [-0.3, -0.25) is 15.0 Å². The standard InChI is InChI=1S/C27H29N5O4/c1-17-7-25(33)29-15-24(17)20-8-19(16-32-6-5-31(2)27(32)28)9-21(12-20)26(34)30-14-18-10-22(35-3)13-23(11-18)36-4/h5-13,15,28H,14,16H2,1-4H3,(H,29,33)(H,30,34). The van der Waals surface area contributed by atoms with Crippen LogP contribution in [0.5, 0.6) is 11.5 Å². The molecule has 2 aromatic carbocycles. The second-order valence-electron chi connectivity index (χ2n) is 8.58. The van der Waals surface area contributed by atoms with Crippen molar-refractivity contribution in [2.45, 2.75) is 20.0 Å². The Bertz CT molecular complexity index is 1510. The molecule has 0 bridgehead atoms. The van der Waals surface area contributed by atoms with E-state index in [2.05, 4.69) is 10.3 Å². The molecule has 0 atom stereocenters. The van der Waals surface area contributed by atoms with Gasteiger partial charge in [0.05, 0.1) is 20.8 Å². The Balaban J connectivity index is 1.68. The molecule has 3 N–H and O–H groups in total. The number of ether oxygens (including phenoxy) is 2. The van der Waals surface area contributed by atoms with Crippen LogP contribution < -0.4 is 26.0 Å². The van der Waals surface area contributed by atoms with E-state index in [1.54, 1.807) is 35.6 Å². The zero-order chi connectivity index (χ0) is 25.8. The van der Waals surface area contributed by atoms with Gasteiger partial charge in [-0.05, 0) is 59.5 Å². The fourth-order valence-electron chi connectivity index (χ4n) is 4.06. The number of aryl methyl sites for hydroxylation is 2. The lowest BCUT2D eigenvalue weighted by molar-refractivity contribution is 0.0950. The minimum Gasteiger partial charge on any atom is -0.497 e. The zero-order valence-electron chi connectivity index (χ0n) is 20.7. The number of methoxy groups -OCH3 is 2. The molecule has 9 heteroatoms. The van der Waals surface area contributed by atoms with Crippen LogP contribution in [0, 0.1) is 12.3 Å². The van der Waals surface area contributed by atoms with E-state index in [0.717, 1.165) is 27.8 Å². The van der Waals surface area contributed by atoms with Crippen LogP contribution in [0.25, 0.3) is 11.1 Å². The lowest BCUT2D eigenvalue weighted by Gasteiger charge is -2.13. The van der Waals surface area contributed by atoms with Crippen LogP contribution in [0.15, 0.2) is 65.8 Å². The summed E-state index contributed by atoms with van der Waals surface area (Å²) in [7, 11) is 4.97. The second-order valence-corrected chi connectivity index (χ2v) is 8.58. The normalized spacial score (nSPS) is 10.8. The van der Waals surface area contributed by atoms with Gasteiger partial charge in [0.15, 0.2) is 0 Å². The van der Waals surface area contributed by atoms with Gasteiger partial charge in [-0.2, -0.15) is 0 Å². The van der Waals surface area contributed by atoms with E-state index >= 15 is 0 Å². The number of benzene rings is 2. The van der Waals surface area contributed by atoms with E-state index in [1.807, 2.05) is 56.7 Å². The molecule has 2 aromatic heterocycles. The summed E-state index contributed by atoms with van der Waals surface area (Å²) in [5, 5.41) is 11.2. The van der Waals surface area contributed by atoms with Gasteiger partial charge in [0, 0.05) is 55.4 Å². The predicted molar refractivity (Wildman–Crippen MR) is 136 cm³/mol. The summed E-state index contributed by atoms with van der Waals surface area (Å²) in [5.74, 6) is 1.04. The van der Waals surface area contributed by atoms with Gasteiger partial charge < -0.3 is 28.9 Å². The van der Waals surface area contributed by atoms with Crippen molar-refractivity contribution in [3.05, 3.63) is 99.3 Å². The lowest BCUT2D eigenvalue weighted by Crippen LogP contribution is -2.24. The highest BCUT2D eigenvalue weighted by Gasteiger charge is 2.13. The maximum absolute atomic E-state index is 13.2. The Kier molecular flexibility index (Phi) is 7.10. The molecule has 4 aromatic rings. The summed E-state index contributed by atoms with van der Waals surface area (Å²) in [6.45, 7) is 2.57. The molecule has 0 fully saturated rings. The smallest absolute Gasteiger partial charge is 0.251 e. The van der Waals surface area contributed by atoms with Gasteiger partial charge in [-0.25, -0.2) is 0 Å². The first-order valence-corrected chi connectivity index (χ1v) is 11.4. The molecule has 0 saturated carbocycles. The van der Waals surface area contributed by atoms with Gasteiger partial charge in [0.2, 0.25) is 11.2 Å². The molecular weight excluding hydrogens is 458 g/mol. The largest absolute Gasteiger partial charge is 0.497 e. The number of amides is 1. The first-order chi connectivity index (χ1) is 17.3. The van der Waals surface area contributed by atoms with Crippen molar-refractivity contribution in [1.29, 1.82) is 5.41 Å². The Morgan fingerprint density at radius 3 is 2.33 bits per heavy atom. The first kappa shape index (κ1) is 24.6. The van der Waals surface area contributed by atoms with Crippen molar-refractivity contribution < 1.29 is 14.3 Å². The lowest BCUT2D eigenvalue weighted by atomic mass is 9.97. The van der Waals surface area contributed by atoms with Crippen LogP contribution in [0.2, 0.25) is 0 Å². The van der Waals surface area contributed by atoms with E-state index < -0.39 is 0 Å². The molecule has 0 spiro atoms. The Morgan fingerprint density at radius 1 is 1.00 bits per heavy atom. The van der Waals surface area contributed by atoms with Crippen LogP contribution in [0.4, 0.5) is 0 Å². The minimum absolute atomic E-state index is 0.183. The van der Waals surface area contributed by atoms with Crippen LogP contribution in [-0.4, -0.2) is 34.2 Å². The molecule has 1 amide bonds. The zero-order valence-corrected chi connectivity index (χ0v) is 20.7. The average molecular weight is 488 g/mol.